The Morgan fingerprint density at radius 3 is 2.73 bits per heavy atom. The number of pyridine rings is 1. The summed E-state index contributed by atoms with van der Waals surface area (Å²) < 4.78 is 1.83. The van der Waals surface area contributed by atoms with E-state index in [-0.39, 0.29) is 5.91 Å². The minimum absolute atomic E-state index is 0.110. The van der Waals surface area contributed by atoms with Crippen molar-refractivity contribution in [1.29, 1.82) is 0 Å². The maximum Gasteiger partial charge on any atom is 0.264 e. The lowest BCUT2D eigenvalue weighted by Gasteiger charge is -2.02. The van der Waals surface area contributed by atoms with E-state index in [1.165, 1.54) is 24.6 Å². The number of aliphatic imine (C=N–C) groups is 1. The first kappa shape index (κ1) is 18.8. The fourth-order valence-electron chi connectivity index (χ4n) is 3.76. The fourth-order valence-corrected chi connectivity index (χ4v) is 4.65. The Hall–Kier alpha value is -3.19. The Bertz CT molecular complexity index is 1120. The summed E-state index contributed by atoms with van der Waals surface area (Å²) in [6.07, 6.45) is 12.0. The van der Waals surface area contributed by atoms with Crippen LogP contribution in [0.4, 0.5) is 0 Å². The summed E-state index contributed by atoms with van der Waals surface area (Å²) in [4.78, 5) is 22.1. The molecule has 0 atom stereocenters. The lowest BCUT2D eigenvalue weighted by Crippen LogP contribution is -2.21. The maximum absolute atomic E-state index is 12.6. The molecule has 0 unspecified atom stereocenters. The first-order valence-corrected chi connectivity index (χ1v) is 10.9. The van der Waals surface area contributed by atoms with Crippen molar-refractivity contribution in [3.05, 3.63) is 71.5 Å². The molecule has 1 aliphatic heterocycles. The molecule has 3 heterocycles. The van der Waals surface area contributed by atoms with Crippen molar-refractivity contribution in [3.8, 4) is 16.9 Å². The molecule has 1 saturated carbocycles. The van der Waals surface area contributed by atoms with Gasteiger partial charge in [-0.3, -0.25) is 14.8 Å². The largest absolute Gasteiger partial charge is 0.301 e. The molecule has 2 aromatic heterocycles. The van der Waals surface area contributed by atoms with Crippen molar-refractivity contribution in [1.82, 2.24) is 20.1 Å². The van der Waals surface area contributed by atoms with Gasteiger partial charge in [-0.25, -0.2) is 4.68 Å². The average molecular weight is 416 g/mol. The molecule has 2 aliphatic rings. The number of rotatable bonds is 4. The minimum Gasteiger partial charge on any atom is -0.301 e. The van der Waals surface area contributed by atoms with E-state index in [2.05, 4.69) is 10.3 Å². The smallest absolute Gasteiger partial charge is 0.264 e. The third kappa shape index (κ3) is 3.93. The van der Waals surface area contributed by atoms with E-state index in [4.69, 9.17) is 10.1 Å². The highest BCUT2D eigenvalue weighted by molar-refractivity contribution is 8.18. The molecule has 30 heavy (non-hydrogen) atoms. The van der Waals surface area contributed by atoms with Gasteiger partial charge in [-0.2, -0.15) is 5.10 Å². The topological polar surface area (TPSA) is 72.2 Å². The first-order chi connectivity index (χ1) is 14.8. The molecule has 1 amide bonds. The quantitative estimate of drug-likeness (QED) is 0.640. The summed E-state index contributed by atoms with van der Waals surface area (Å²) in [6.45, 7) is 0. The van der Waals surface area contributed by atoms with E-state index in [1.54, 1.807) is 12.4 Å². The Kier molecular flexibility index (Phi) is 5.19. The molecule has 3 aromatic rings. The zero-order chi connectivity index (χ0) is 20.3. The van der Waals surface area contributed by atoms with Crippen LogP contribution in [0.3, 0.4) is 0 Å². The number of hydrogen-bond acceptors (Lipinski definition) is 5. The predicted molar refractivity (Wildman–Crippen MR) is 120 cm³/mol. The highest BCUT2D eigenvalue weighted by Crippen LogP contribution is 2.32. The van der Waals surface area contributed by atoms with Crippen LogP contribution in [0.2, 0.25) is 0 Å². The number of benzene rings is 1. The van der Waals surface area contributed by atoms with Crippen LogP contribution in [-0.2, 0) is 4.79 Å². The van der Waals surface area contributed by atoms with Gasteiger partial charge < -0.3 is 5.32 Å². The molecule has 1 aliphatic carbocycles. The van der Waals surface area contributed by atoms with Crippen LogP contribution in [0.1, 0.15) is 31.2 Å². The lowest BCUT2D eigenvalue weighted by atomic mass is 10.1. The van der Waals surface area contributed by atoms with Crippen LogP contribution >= 0.6 is 11.8 Å². The normalized spacial score (nSPS) is 19.7. The van der Waals surface area contributed by atoms with Gasteiger partial charge in [0.25, 0.3) is 5.91 Å². The van der Waals surface area contributed by atoms with E-state index in [0.717, 1.165) is 35.3 Å². The van der Waals surface area contributed by atoms with Crippen molar-refractivity contribution < 1.29 is 4.79 Å². The van der Waals surface area contributed by atoms with Gasteiger partial charge in [0.2, 0.25) is 0 Å². The van der Waals surface area contributed by atoms with Crippen molar-refractivity contribution in [2.45, 2.75) is 31.7 Å². The minimum atomic E-state index is -0.110. The number of para-hydroxylation sites is 1. The molecule has 0 bridgehead atoms. The number of nitrogens with one attached hydrogen (secondary N) is 1. The number of amides is 1. The van der Waals surface area contributed by atoms with Crippen molar-refractivity contribution >= 4 is 28.9 Å². The standard InChI is InChI=1S/C23H21N5OS/c29-22-20(30-23(26-22)25-18-8-4-5-9-18)13-17-15-28(19-10-2-1-3-11-19)27-21(17)16-7-6-12-24-14-16/h1-3,6-7,10-15,18H,4-5,8-9H2,(H,25,26,29)/b20-13-. The Balaban J connectivity index is 1.51. The molecule has 150 valence electrons. The Morgan fingerprint density at radius 2 is 1.97 bits per heavy atom. The second kappa shape index (κ2) is 8.28. The zero-order valence-corrected chi connectivity index (χ0v) is 17.2. The van der Waals surface area contributed by atoms with Crippen LogP contribution in [0.15, 0.2) is 71.0 Å². The molecule has 2 fully saturated rings. The van der Waals surface area contributed by atoms with Gasteiger partial charge >= 0.3 is 0 Å². The number of nitrogens with zero attached hydrogens (tertiary/aromatic N) is 4. The van der Waals surface area contributed by atoms with Crippen LogP contribution in [0.25, 0.3) is 23.0 Å². The number of carbonyl (C=O) groups excluding carboxylic acids is 1. The number of hydrogen-bond donors (Lipinski definition) is 1. The van der Waals surface area contributed by atoms with E-state index >= 15 is 0 Å². The Morgan fingerprint density at radius 1 is 1.13 bits per heavy atom. The third-order valence-corrected chi connectivity index (χ3v) is 6.18. The van der Waals surface area contributed by atoms with Crippen LogP contribution < -0.4 is 5.32 Å². The van der Waals surface area contributed by atoms with Gasteiger partial charge in [-0.05, 0) is 54.9 Å². The van der Waals surface area contributed by atoms with Gasteiger partial charge in [0, 0.05) is 29.7 Å². The molecule has 1 N–H and O–H groups in total. The van der Waals surface area contributed by atoms with Crippen LogP contribution in [-0.4, -0.2) is 31.9 Å². The van der Waals surface area contributed by atoms with Crippen molar-refractivity contribution in [2.24, 2.45) is 4.99 Å². The average Bonchev–Trinajstić information content (AvgIpc) is 3.51. The zero-order valence-electron chi connectivity index (χ0n) is 16.4. The van der Waals surface area contributed by atoms with Gasteiger partial charge in [-0.1, -0.05) is 31.0 Å². The van der Waals surface area contributed by atoms with Gasteiger partial charge in [0.15, 0.2) is 5.17 Å². The summed E-state index contributed by atoms with van der Waals surface area (Å²) in [5, 5.41) is 8.40. The van der Waals surface area contributed by atoms with E-state index in [0.29, 0.717) is 16.1 Å². The highest BCUT2D eigenvalue weighted by atomic mass is 32.2. The molecule has 5 rings (SSSR count). The molecule has 0 radical (unpaired) electrons. The second-order valence-corrected chi connectivity index (χ2v) is 8.42. The number of aromatic nitrogens is 3. The van der Waals surface area contributed by atoms with Crippen molar-refractivity contribution in [2.75, 3.05) is 0 Å². The van der Waals surface area contributed by atoms with Gasteiger partial charge in [0.1, 0.15) is 5.69 Å². The number of carbonyl (C=O) groups is 1. The predicted octanol–water partition coefficient (Wildman–Crippen LogP) is 4.44. The number of thioether (sulfide) groups is 1. The highest BCUT2D eigenvalue weighted by Gasteiger charge is 2.26. The summed E-state index contributed by atoms with van der Waals surface area (Å²) in [5.74, 6) is -0.110. The SMILES string of the molecule is O=C1NC(=NC2CCCC2)S/C1=C\c1cn(-c2ccccc2)nc1-c1cccnc1. The number of amidine groups is 1. The second-order valence-electron chi connectivity index (χ2n) is 7.39. The monoisotopic (exact) mass is 415 g/mol. The van der Waals surface area contributed by atoms with Crippen LogP contribution in [0, 0.1) is 0 Å². The van der Waals surface area contributed by atoms with Crippen molar-refractivity contribution in [3.63, 3.8) is 0 Å². The molecule has 7 heteroatoms. The summed E-state index contributed by atoms with van der Waals surface area (Å²) in [6, 6.07) is 14.1. The third-order valence-electron chi connectivity index (χ3n) is 5.26. The van der Waals surface area contributed by atoms with Gasteiger partial charge in [0.05, 0.1) is 16.6 Å². The summed E-state index contributed by atoms with van der Waals surface area (Å²) >= 11 is 1.41. The molecule has 1 saturated heterocycles. The molecule has 1 aromatic carbocycles. The molecule has 6 nitrogen and oxygen atoms in total. The van der Waals surface area contributed by atoms with E-state index in [9.17, 15) is 4.79 Å². The fraction of sp³-hybridized carbons (Fsp3) is 0.217. The van der Waals surface area contributed by atoms with E-state index < -0.39 is 0 Å². The molecule has 0 spiro atoms. The van der Waals surface area contributed by atoms with Gasteiger partial charge in [-0.15, -0.1) is 0 Å². The summed E-state index contributed by atoms with van der Waals surface area (Å²) in [5.41, 5.74) is 3.52. The summed E-state index contributed by atoms with van der Waals surface area (Å²) in [7, 11) is 0. The lowest BCUT2D eigenvalue weighted by molar-refractivity contribution is -0.115. The maximum atomic E-state index is 12.6. The molecular formula is C23H21N5OS. The first-order valence-electron chi connectivity index (χ1n) is 10.1. The molecular weight excluding hydrogens is 394 g/mol. The van der Waals surface area contributed by atoms with Crippen LogP contribution in [0.5, 0.6) is 0 Å². The Labute approximate surface area is 179 Å². The van der Waals surface area contributed by atoms with E-state index in [1.807, 2.05) is 59.4 Å².